The van der Waals surface area contributed by atoms with E-state index in [2.05, 4.69) is 20.0 Å². The molecule has 0 saturated carbocycles. The van der Waals surface area contributed by atoms with Crippen molar-refractivity contribution in [1.29, 1.82) is 0 Å². The topological polar surface area (TPSA) is 46.8 Å². The molecule has 22 heavy (non-hydrogen) atoms. The summed E-state index contributed by atoms with van der Waals surface area (Å²) in [6, 6.07) is 7.60. The largest absolute Gasteiger partial charge is 0.356 e. The number of fused-ring (bicyclic) bond motifs is 1. The first-order valence-electron chi connectivity index (χ1n) is 7.52. The third-order valence-electron chi connectivity index (χ3n) is 4.07. The van der Waals surface area contributed by atoms with Crippen LogP contribution in [0.4, 0.5) is 5.82 Å². The van der Waals surface area contributed by atoms with Crippen molar-refractivity contribution >= 4 is 28.5 Å². The van der Waals surface area contributed by atoms with E-state index in [0.29, 0.717) is 5.02 Å². The molecule has 1 aliphatic rings. The lowest BCUT2D eigenvalue weighted by molar-refractivity contribution is 0.574. The highest BCUT2D eigenvalue weighted by Crippen LogP contribution is 2.27. The fraction of sp³-hybridized carbons (Fsp3) is 0.312. The van der Waals surface area contributed by atoms with E-state index in [1.54, 1.807) is 6.33 Å². The Labute approximate surface area is 133 Å². The first kappa shape index (κ1) is 13.5. The highest BCUT2D eigenvalue weighted by Gasteiger charge is 2.18. The molecule has 0 amide bonds. The van der Waals surface area contributed by atoms with E-state index >= 15 is 0 Å². The molecule has 1 fully saturated rings. The standard InChI is InChI=1S/C16H16ClN5/c17-12-4-6-13(7-5-12)22-16-14(10-20-22)15(18-11-19-16)21-8-2-1-3-9-21/h4-7,10-11H,1-3,8-9H2. The molecule has 0 atom stereocenters. The van der Waals surface area contributed by atoms with Gasteiger partial charge in [0.2, 0.25) is 0 Å². The van der Waals surface area contributed by atoms with E-state index < -0.39 is 0 Å². The lowest BCUT2D eigenvalue weighted by Crippen LogP contribution is -2.30. The lowest BCUT2D eigenvalue weighted by Gasteiger charge is -2.27. The average molecular weight is 314 g/mol. The summed E-state index contributed by atoms with van der Waals surface area (Å²) in [5.41, 5.74) is 1.78. The Kier molecular flexibility index (Phi) is 3.42. The second-order valence-electron chi connectivity index (χ2n) is 5.52. The molecule has 112 valence electrons. The predicted octanol–water partition coefficient (Wildman–Crippen LogP) is 3.46. The number of nitrogens with zero attached hydrogens (tertiary/aromatic N) is 5. The summed E-state index contributed by atoms with van der Waals surface area (Å²) in [5.74, 6) is 0.991. The monoisotopic (exact) mass is 313 g/mol. The predicted molar refractivity (Wildman–Crippen MR) is 87.7 cm³/mol. The van der Waals surface area contributed by atoms with Crippen molar-refractivity contribution < 1.29 is 0 Å². The maximum atomic E-state index is 5.96. The number of hydrogen-bond acceptors (Lipinski definition) is 4. The van der Waals surface area contributed by atoms with Crippen molar-refractivity contribution in [3.8, 4) is 5.69 Å². The summed E-state index contributed by atoms with van der Waals surface area (Å²) < 4.78 is 1.83. The van der Waals surface area contributed by atoms with Gasteiger partial charge in [-0.3, -0.25) is 0 Å². The van der Waals surface area contributed by atoms with Crippen molar-refractivity contribution in [2.24, 2.45) is 0 Å². The fourth-order valence-electron chi connectivity index (χ4n) is 2.96. The lowest BCUT2D eigenvalue weighted by atomic mass is 10.1. The second kappa shape index (κ2) is 5.57. The smallest absolute Gasteiger partial charge is 0.168 e. The highest BCUT2D eigenvalue weighted by atomic mass is 35.5. The number of rotatable bonds is 2. The Morgan fingerprint density at radius 1 is 0.955 bits per heavy atom. The van der Waals surface area contributed by atoms with E-state index in [0.717, 1.165) is 35.6 Å². The van der Waals surface area contributed by atoms with Crippen molar-refractivity contribution in [3.63, 3.8) is 0 Å². The zero-order chi connectivity index (χ0) is 14.9. The van der Waals surface area contributed by atoms with Gasteiger partial charge < -0.3 is 4.90 Å². The van der Waals surface area contributed by atoms with E-state index in [1.807, 2.05) is 35.1 Å². The summed E-state index contributed by atoms with van der Waals surface area (Å²) in [6.45, 7) is 2.11. The third kappa shape index (κ3) is 2.31. The summed E-state index contributed by atoms with van der Waals surface area (Å²) in [5, 5.41) is 6.21. The number of piperidine rings is 1. The molecule has 0 spiro atoms. The van der Waals surface area contributed by atoms with E-state index in [-0.39, 0.29) is 0 Å². The quantitative estimate of drug-likeness (QED) is 0.727. The third-order valence-corrected chi connectivity index (χ3v) is 4.32. The van der Waals surface area contributed by atoms with Gasteiger partial charge >= 0.3 is 0 Å². The number of anilines is 1. The zero-order valence-electron chi connectivity index (χ0n) is 12.1. The summed E-state index contributed by atoms with van der Waals surface area (Å²) >= 11 is 5.96. The number of hydrogen-bond donors (Lipinski definition) is 0. The van der Waals surface area contributed by atoms with Crippen LogP contribution in [0.1, 0.15) is 19.3 Å². The van der Waals surface area contributed by atoms with Gasteiger partial charge in [0.05, 0.1) is 17.3 Å². The Morgan fingerprint density at radius 2 is 1.73 bits per heavy atom. The number of aromatic nitrogens is 4. The maximum Gasteiger partial charge on any atom is 0.168 e. The van der Waals surface area contributed by atoms with E-state index in [9.17, 15) is 0 Å². The first-order valence-corrected chi connectivity index (χ1v) is 7.90. The summed E-state index contributed by atoms with van der Waals surface area (Å²) in [6.07, 6.45) is 7.22. The van der Waals surface area contributed by atoms with Crippen molar-refractivity contribution in [2.75, 3.05) is 18.0 Å². The molecule has 0 bridgehead atoms. The van der Waals surface area contributed by atoms with Gasteiger partial charge in [0.15, 0.2) is 5.65 Å². The molecule has 0 N–H and O–H groups in total. The molecule has 1 aliphatic heterocycles. The van der Waals surface area contributed by atoms with Crippen LogP contribution in [0, 0.1) is 0 Å². The van der Waals surface area contributed by atoms with Crippen LogP contribution >= 0.6 is 11.6 Å². The van der Waals surface area contributed by atoms with Crippen LogP contribution in [-0.4, -0.2) is 32.8 Å². The molecule has 3 heterocycles. The van der Waals surface area contributed by atoms with Gasteiger partial charge in [-0.1, -0.05) is 11.6 Å². The van der Waals surface area contributed by atoms with Crippen LogP contribution in [-0.2, 0) is 0 Å². The first-order chi connectivity index (χ1) is 10.8. The molecular weight excluding hydrogens is 298 g/mol. The second-order valence-corrected chi connectivity index (χ2v) is 5.95. The van der Waals surface area contributed by atoms with Gasteiger partial charge in [0.25, 0.3) is 0 Å². The maximum absolute atomic E-state index is 5.96. The Hall–Kier alpha value is -2.14. The number of halogens is 1. The van der Waals surface area contributed by atoms with Crippen LogP contribution in [0.25, 0.3) is 16.7 Å². The van der Waals surface area contributed by atoms with Gasteiger partial charge in [-0.05, 0) is 43.5 Å². The van der Waals surface area contributed by atoms with Crippen LogP contribution < -0.4 is 4.90 Å². The summed E-state index contributed by atoms with van der Waals surface area (Å²) in [7, 11) is 0. The van der Waals surface area contributed by atoms with Gasteiger partial charge in [-0.15, -0.1) is 0 Å². The normalized spacial score (nSPS) is 15.4. The molecule has 0 aliphatic carbocycles. The van der Waals surface area contributed by atoms with Gasteiger partial charge in [0, 0.05) is 18.1 Å². The van der Waals surface area contributed by atoms with Crippen molar-refractivity contribution in [1.82, 2.24) is 19.7 Å². The number of benzene rings is 1. The molecule has 1 aromatic carbocycles. The van der Waals surface area contributed by atoms with Gasteiger partial charge in [-0.25, -0.2) is 14.6 Å². The molecule has 1 saturated heterocycles. The van der Waals surface area contributed by atoms with Crippen molar-refractivity contribution in [3.05, 3.63) is 41.8 Å². The van der Waals surface area contributed by atoms with Gasteiger partial charge in [-0.2, -0.15) is 5.10 Å². The van der Waals surface area contributed by atoms with E-state index in [4.69, 9.17) is 11.6 Å². The fourth-order valence-corrected chi connectivity index (χ4v) is 3.09. The van der Waals surface area contributed by atoms with Gasteiger partial charge in [0.1, 0.15) is 12.1 Å². The van der Waals surface area contributed by atoms with Crippen LogP contribution in [0.2, 0.25) is 5.02 Å². The highest BCUT2D eigenvalue weighted by molar-refractivity contribution is 6.30. The molecule has 6 heteroatoms. The van der Waals surface area contributed by atoms with E-state index in [1.165, 1.54) is 19.3 Å². The molecule has 0 unspecified atom stereocenters. The average Bonchev–Trinajstić information content (AvgIpc) is 3.00. The van der Waals surface area contributed by atoms with Crippen molar-refractivity contribution in [2.45, 2.75) is 19.3 Å². The molecular formula is C16H16ClN5. The Bertz CT molecular complexity index is 790. The van der Waals surface area contributed by atoms with Crippen LogP contribution in [0.5, 0.6) is 0 Å². The minimum Gasteiger partial charge on any atom is -0.356 e. The molecule has 4 rings (SSSR count). The Balaban J connectivity index is 1.80. The minimum atomic E-state index is 0.712. The SMILES string of the molecule is Clc1ccc(-n2ncc3c(N4CCCCC4)ncnc32)cc1. The van der Waals surface area contributed by atoms with Crippen LogP contribution in [0.3, 0.4) is 0 Å². The Morgan fingerprint density at radius 3 is 2.50 bits per heavy atom. The molecule has 3 aromatic rings. The minimum absolute atomic E-state index is 0.712. The zero-order valence-corrected chi connectivity index (χ0v) is 12.9. The summed E-state index contributed by atoms with van der Waals surface area (Å²) in [4.78, 5) is 11.3. The molecule has 5 nitrogen and oxygen atoms in total. The van der Waals surface area contributed by atoms with Crippen LogP contribution in [0.15, 0.2) is 36.8 Å². The molecule has 2 aromatic heterocycles. The molecule has 0 radical (unpaired) electrons.